The first-order chi connectivity index (χ1) is 14.7. The number of carbonyl (C=O) groups is 1. The smallest absolute Gasteiger partial charge is 0.261 e. The lowest BCUT2D eigenvalue weighted by Gasteiger charge is -2.42. The maximum Gasteiger partial charge on any atom is 0.261 e. The van der Waals surface area contributed by atoms with E-state index in [1.54, 1.807) is 0 Å². The predicted octanol–water partition coefficient (Wildman–Crippen LogP) is 3.10. The van der Waals surface area contributed by atoms with Crippen molar-refractivity contribution in [2.75, 3.05) is 32.9 Å². The fraction of sp³-hybridized carbons (Fsp3) is 0.727. The number of aryl methyl sites for hydroxylation is 1. The molecule has 0 unspecified atom stereocenters. The monoisotopic (exact) mass is 432 g/mol. The molecule has 4 heterocycles. The van der Waals surface area contributed by atoms with E-state index < -0.39 is 0 Å². The van der Waals surface area contributed by atoms with Gasteiger partial charge in [0.05, 0.1) is 24.2 Å². The van der Waals surface area contributed by atoms with E-state index in [0.717, 1.165) is 66.5 Å². The van der Waals surface area contributed by atoms with Crippen LogP contribution in [0.4, 0.5) is 0 Å². The average Bonchev–Trinajstić information content (AvgIpc) is 3.37. The number of aromatic nitrogens is 2. The summed E-state index contributed by atoms with van der Waals surface area (Å²) in [5, 5.41) is 11.6. The Morgan fingerprint density at radius 1 is 1.20 bits per heavy atom. The van der Waals surface area contributed by atoms with Gasteiger partial charge >= 0.3 is 0 Å². The zero-order valence-electron chi connectivity index (χ0n) is 17.7. The lowest BCUT2D eigenvalue weighted by Crippen LogP contribution is -2.47. The van der Waals surface area contributed by atoms with Crippen molar-refractivity contribution in [1.82, 2.24) is 20.4 Å². The third-order valence-electron chi connectivity index (χ3n) is 7.14. The molecule has 2 aliphatic heterocycles. The molecule has 30 heavy (non-hydrogen) atoms. The van der Waals surface area contributed by atoms with E-state index >= 15 is 0 Å². The molecule has 0 spiro atoms. The van der Waals surface area contributed by atoms with Crippen LogP contribution in [-0.4, -0.2) is 72.1 Å². The van der Waals surface area contributed by atoms with Gasteiger partial charge in [0.15, 0.2) is 0 Å². The molecule has 2 aromatic heterocycles. The molecule has 2 aromatic rings. The van der Waals surface area contributed by atoms with E-state index in [-0.39, 0.29) is 18.1 Å². The lowest BCUT2D eigenvalue weighted by molar-refractivity contribution is -0.0523. The molecule has 0 radical (unpaired) electrons. The van der Waals surface area contributed by atoms with Crippen LogP contribution in [0.5, 0.6) is 0 Å². The number of hydrogen-bond donors (Lipinski definition) is 2. The SMILES string of the molecule is Cc1[nH]nc2sc(C(=O)N[C@@H]3CCO[C@@H](C4CCC(N5CCOCC5)CC4)C3)cc12. The van der Waals surface area contributed by atoms with E-state index in [2.05, 4.69) is 20.4 Å². The molecule has 1 saturated carbocycles. The van der Waals surface area contributed by atoms with E-state index in [9.17, 15) is 4.79 Å². The highest BCUT2D eigenvalue weighted by atomic mass is 32.1. The number of thiophene rings is 1. The lowest BCUT2D eigenvalue weighted by atomic mass is 9.79. The van der Waals surface area contributed by atoms with Gasteiger partial charge in [0, 0.05) is 42.9 Å². The number of nitrogens with zero attached hydrogens (tertiary/aromatic N) is 2. The van der Waals surface area contributed by atoms with Gasteiger partial charge in [-0.15, -0.1) is 11.3 Å². The van der Waals surface area contributed by atoms with Gasteiger partial charge in [-0.3, -0.25) is 14.8 Å². The third kappa shape index (κ3) is 4.28. The highest BCUT2D eigenvalue weighted by Crippen LogP contribution is 2.35. The van der Waals surface area contributed by atoms with Gasteiger partial charge in [0.25, 0.3) is 5.91 Å². The quantitative estimate of drug-likeness (QED) is 0.776. The van der Waals surface area contributed by atoms with E-state index in [1.807, 2.05) is 13.0 Å². The first kappa shape index (κ1) is 20.4. The summed E-state index contributed by atoms with van der Waals surface area (Å²) in [6, 6.07) is 2.87. The Bertz CT molecular complexity index is 867. The van der Waals surface area contributed by atoms with Gasteiger partial charge in [0.1, 0.15) is 4.83 Å². The van der Waals surface area contributed by atoms with Gasteiger partial charge in [0.2, 0.25) is 0 Å². The molecule has 2 atom stereocenters. The second-order valence-corrected chi connectivity index (χ2v) is 10.0. The van der Waals surface area contributed by atoms with E-state index in [4.69, 9.17) is 9.47 Å². The van der Waals surface area contributed by atoms with Crippen LogP contribution in [0.15, 0.2) is 6.07 Å². The first-order valence-corrected chi connectivity index (χ1v) is 12.2. The number of rotatable bonds is 4. The van der Waals surface area contributed by atoms with Crippen LogP contribution in [-0.2, 0) is 9.47 Å². The summed E-state index contributed by atoms with van der Waals surface area (Å²) in [5.41, 5.74) is 1.01. The second kappa shape index (κ2) is 8.94. The molecule has 0 aromatic carbocycles. The fourth-order valence-corrected chi connectivity index (χ4v) is 6.32. The molecule has 8 heteroatoms. The Kier molecular flexibility index (Phi) is 6.09. The number of fused-ring (bicyclic) bond motifs is 1. The highest BCUT2D eigenvalue weighted by molar-refractivity contribution is 7.20. The van der Waals surface area contributed by atoms with Crippen molar-refractivity contribution in [1.29, 1.82) is 0 Å². The molecular formula is C22H32N4O3S. The largest absolute Gasteiger partial charge is 0.379 e. The van der Waals surface area contributed by atoms with Gasteiger partial charge in [-0.25, -0.2) is 0 Å². The van der Waals surface area contributed by atoms with Crippen LogP contribution in [0.25, 0.3) is 10.2 Å². The predicted molar refractivity (Wildman–Crippen MR) is 117 cm³/mol. The highest BCUT2D eigenvalue weighted by Gasteiger charge is 2.34. The maximum atomic E-state index is 12.8. The van der Waals surface area contributed by atoms with Crippen molar-refractivity contribution in [3.63, 3.8) is 0 Å². The third-order valence-corrected chi connectivity index (χ3v) is 8.17. The Labute approximate surface area is 181 Å². The molecule has 164 valence electrons. The Morgan fingerprint density at radius 2 is 2.00 bits per heavy atom. The summed E-state index contributed by atoms with van der Waals surface area (Å²) < 4.78 is 11.7. The van der Waals surface area contributed by atoms with Gasteiger partial charge < -0.3 is 14.8 Å². The molecule has 7 nitrogen and oxygen atoms in total. The zero-order chi connectivity index (χ0) is 20.5. The van der Waals surface area contributed by atoms with Crippen LogP contribution < -0.4 is 5.32 Å². The summed E-state index contributed by atoms with van der Waals surface area (Å²) in [4.78, 5) is 17.1. The van der Waals surface area contributed by atoms with E-state index in [1.165, 1.54) is 37.0 Å². The Morgan fingerprint density at radius 3 is 2.77 bits per heavy atom. The van der Waals surface area contributed by atoms with Gasteiger partial charge in [-0.1, -0.05) is 0 Å². The van der Waals surface area contributed by atoms with Crippen molar-refractivity contribution in [2.24, 2.45) is 5.92 Å². The molecule has 1 amide bonds. The molecule has 3 aliphatic rings. The number of amides is 1. The van der Waals surface area contributed by atoms with Crippen molar-refractivity contribution in [2.45, 2.75) is 63.6 Å². The molecule has 0 bridgehead atoms. The Balaban J connectivity index is 1.13. The van der Waals surface area contributed by atoms with Crippen molar-refractivity contribution >= 4 is 27.5 Å². The van der Waals surface area contributed by atoms with Crippen LogP contribution in [0.1, 0.15) is 53.9 Å². The summed E-state index contributed by atoms with van der Waals surface area (Å²) in [6.07, 6.45) is 7.08. The van der Waals surface area contributed by atoms with E-state index in [0.29, 0.717) is 12.0 Å². The topological polar surface area (TPSA) is 79.5 Å². The van der Waals surface area contributed by atoms with Crippen LogP contribution in [0.3, 0.4) is 0 Å². The number of aromatic amines is 1. The minimum Gasteiger partial charge on any atom is -0.379 e. The zero-order valence-corrected chi connectivity index (χ0v) is 18.5. The molecule has 2 N–H and O–H groups in total. The van der Waals surface area contributed by atoms with Crippen molar-refractivity contribution < 1.29 is 14.3 Å². The summed E-state index contributed by atoms with van der Waals surface area (Å²) >= 11 is 1.46. The first-order valence-electron chi connectivity index (χ1n) is 11.4. The number of morpholine rings is 1. The molecule has 3 fully saturated rings. The standard InChI is InChI=1S/C22H32N4O3S/c1-14-18-13-20(30-22(18)25-24-14)21(27)23-16-6-9-29-19(12-16)15-2-4-17(5-3-15)26-7-10-28-11-8-26/h13,15-17,19H,2-12H2,1H3,(H,23,27)(H,24,25)/t15?,16-,17?,19-/m1/s1. The van der Waals surface area contributed by atoms with Crippen LogP contribution in [0.2, 0.25) is 0 Å². The summed E-state index contributed by atoms with van der Waals surface area (Å²) in [5.74, 6) is 0.647. The van der Waals surface area contributed by atoms with Crippen LogP contribution >= 0.6 is 11.3 Å². The number of H-pyrrole nitrogens is 1. The summed E-state index contributed by atoms with van der Waals surface area (Å²) in [7, 11) is 0. The Hall–Kier alpha value is -1.48. The summed E-state index contributed by atoms with van der Waals surface area (Å²) in [6.45, 7) is 6.64. The number of nitrogens with one attached hydrogen (secondary N) is 2. The van der Waals surface area contributed by atoms with Gasteiger partial charge in [-0.05, 0) is 57.4 Å². The number of carbonyl (C=O) groups excluding carboxylic acids is 1. The maximum absolute atomic E-state index is 12.8. The van der Waals surface area contributed by atoms with Crippen molar-refractivity contribution in [3.05, 3.63) is 16.6 Å². The minimum absolute atomic E-state index is 0.0269. The number of hydrogen-bond acceptors (Lipinski definition) is 6. The average molecular weight is 433 g/mol. The van der Waals surface area contributed by atoms with Crippen LogP contribution in [0, 0.1) is 12.8 Å². The fourth-order valence-electron chi connectivity index (χ4n) is 5.37. The van der Waals surface area contributed by atoms with Crippen molar-refractivity contribution in [3.8, 4) is 0 Å². The molecular weight excluding hydrogens is 400 g/mol. The second-order valence-electron chi connectivity index (χ2n) is 9.00. The molecule has 2 saturated heterocycles. The minimum atomic E-state index is 0.0269. The molecule has 1 aliphatic carbocycles. The normalized spacial score (nSPS) is 31.1. The van der Waals surface area contributed by atoms with Gasteiger partial charge in [-0.2, -0.15) is 5.10 Å². The number of ether oxygens (including phenoxy) is 2. The molecule has 5 rings (SSSR count).